The lowest BCUT2D eigenvalue weighted by Gasteiger charge is -2.31. The number of rotatable bonds is 2. The zero-order valence-corrected chi connectivity index (χ0v) is 22.1. The average molecular weight is 517 g/mol. The van der Waals surface area contributed by atoms with Gasteiger partial charge >= 0.3 is 0 Å². The second kappa shape index (κ2) is 9.03. The number of furan rings is 1. The number of fused-ring (bicyclic) bond motifs is 7. The van der Waals surface area contributed by atoms with Gasteiger partial charge in [0.2, 0.25) is 0 Å². The summed E-state index contributed by atoms with van der Waals surface area (Å²) in [4.78, 5) is 4.83. The SMILES string of the molecule is C=C1/C=C\C=C/CN(c2cccc3c2oc2ccccc23)c2ccc(N3c4ccccc4C4C=CC=CC43)cc21. The summed E-state index contributed by atoms with van der Waals surface area (Å²) in [6, 6.07) is 30.6. The molecule has 0 fully saturated rings. The minimum atomic E-state index is 0.252. The largest absolute Gasteiger partial charge is 0.454 e. The number of benzene rings is 4. The third kappa shape index (κ3) is 3.44. The van der Waals surface area contributed by atoms with E-state index >= 15 is 0 Å². The molecule has 0 amide bonds. The third-order valence-electron chi connectivity index (χ3n) is 8.36. The maximum absolute atomic E-state index is 6.46. The zero-order valence-electron chi connectivity index (χ0n) is 22.1. The van der Waals surface area contributed by atoms with Crippen molar-refractivity contribution < 1.29 is 4.42 Å². The molecule has 0 saturated carbocycles. The van der Waals surface area contributed by atoms with Crippen molar-refractivity contribution in [3.8, 4) is 0 Å². The predicted octanol–water partition coefficient (Wildman–Crippen LogP) is 9.59. The van der Waals surface area contributed by atoms with Crippen LogP contribution in [0.25, 0.3) is 27.5 Å². The molecule has 1 aliphatic carbocycles. The van der Waals surface area contributed by atoms with Crippen LogP contribution in [0.1, 0.15) is 17.0 Å². The molecule has 8 rings (SSSR count). The molecule has 2 aliphatic heterocycles. The summed E-state index contributed by atoms with van der Waals surface area (Å²) in [6.45, 7) is 5.22. The van der Waals surface area contributed by atoms with Gasteiger partial charge in [-0.2, -0.15) is 0 Å². The van der Waals surface area contributed by atoms with E-state index in [1.807, 2.05) is 12.1 Å². The summed E-state index contributed by atoms with van der Waals surface area (Å²) >= 11 is 0. The first-order valence-corrected chi connectivity index (χ1v) is 13.9. The highest BCUT2D eigenvalue weighted by atomic mass is 16.3. The molecule has 192 valence electrons. The quantitative estimate of drug-likeness (QED) is 0.233. The van der Waals surface area contributed by atoms with Gasteiger partial charge in [0, 0.05) is 45.9 Å². The van der Waals surface area contributed by atoms with Crippen LogP contribution < -0.4 is 9.80 Å². The van der Waals surface area contributed by atoms with Gasteiger partial charge in [-0.05, 0) is 47.5 Å². The van der Waals surface area contributed by atoms with E-state index in [4.69, 9.17) is 4.42 Å². The van der Waals surface area contributed by atoms with Gasteiger partial charge in [-0.3, -0.25) is 0 Å². The van der Waals surface area contributed by atoms with Crippen LogP contribution in [0.5, 0.6) is 0 Å². The molecule has 0 spiro atoms. The predicted molar refractivity (Wildman–Crippen MR) is 168 cm³/mol. The molecular weight excluding hydrogens is 488 g/mol. The van der Waals surface area contributed by atoms with Crippen LogP contribution in [0.3, 0.4) is 0 Å². The molecule has 3 heterocycles. The van der Waals surface area contributed by atoms with Crippen molar-refractivity contribution >= 4 is 50.3 Å². The van der Waals surface area contributed by atoms with E-state index in [1.165, 1.54) is 16.9 Å². The Labute approximate surface area is 234 Å². The Bertz CT molecular complexity index is 1930. The number of hydrogen-bond acceptors (Lipinski definition) is 3. The lowest BCUT2D eigenvalue weighted by molar-refractivity contribution is 0.668. The summed E-state index contributed by atoms with van der Waals surface area (Å²) in [5, 5.41) is 2.27. The average Bonchev–Trinajstić information content (AvgIpc) is 3.56. The maximum atomic E-state index is 6.46. The van der Waals surface area contributed by atoms with Crippen molar-refractivity contribution in [3.63, 3.8) is 0 Å². The highest BCUT2D eigenvalue weighted by molar-refractivity contribution is 6.09. The van der Waals surface area contributed by atoms with Gasteiger partial charge in [0.1, 0.15) is 5.58 Å². The van der Waals surface area contributed by atoms with E-state index in [1.54, 1.807) is 0 Å². The fourth-order valence-corrected chi connectivity index (χ4v) is 6.53. The monoisotopic (exact) mass is 516 g/mol. The number of allylic oxidation sites excluding steroid dienone is 6. The van der Waals surface area contributed by atoms with Gasteiger partial charge in [-0.15, -0.1) is 0 Å². The standard InChI is InChI=1S/C37H28N2O/c1-25-12-3-2-10-23-38(35-19-11-16-30-29-15-6-9-20-36(29)40-37(30)35)32-22-21-26(24-31(25)32)39-33-17-7-4-13-27(33)28-14-5-8-18-34(28)39/h2-22,24,27,33H,1,23H2/b10-2-,12-3-. The van der Waals surface area contributed by atoms with E-state index in [2.05, 4.69) is 138 Å². The van der Waals surface area contributed by atoms with Crippen LogP contribution in [-0.2, 0) is 0 Å². The fraction of sp³-hybridized carbons (Fsp3) is 0.0811. The number of hydrogen-bond donors (Lipinski definition) is 0. The lowest BCUT2D eigenvalue weighted by atomic mass is 9.91. The zero-order chi connectivity index (χ0) is 26.6. The van der Waals surface area contributed by atoms with Gasteiger partial charge in [-0.25, -0.2) is 0 Å². The van der Waals surface area contributed by atoms with E-state index in [9.17, 15) is 0 Å². The maximum Gasteiger partial charge on any atom is 0.159 e. The summed E-state index contributed by atoms with van der Waals surface area (Å²) in [7, 11) is 0. The van der Waals surface area contributed by atoms with Crippen LogP contribution in [-0.4, -0.2) is 12.6 Å². The Morgan fingerprint density at radius 3 is 2.52 bits per heavy atom. The molecule has 40 heavy (non-hydrogen) atoms. The van der Waals surface area contributed by atoms with Crippen molar-refractivity contribution in [2.24, 2.45) is 0 Å². The highest BCUT2D eigenvalue weighted by Crippen LogP contribution is 2.49. The van der Waals surface area contributed by atoms with E-state index in [0.717, 1.165) is 44.4 Å². The topological polar surface area (TPSA) is 19.6 Å². The third-order valence-corrected chi connectivity index (χ3v) is 8.36. The van der Waals surface area contributed by atoms with Gasteiger partial charge < -0.3 is 14.2 Å². The first kappa shape index (κ1) is 22.9. The summed E-state index contributed by atoms with van der Waals surface area (Å²) in [6.07, 6.45) is 17.5. The number of anilines is 4. The molecule has 0 saturated heterocycles. The normalized spacial score (nSPS) is 21.1. The number of nitrogens with zero attached hydrogens (tertiary/aromatic N) is 2. The Morgan fingerprint density at radius 2 is 1.55 bits per heavy atom. The Balaban J connectivity index is 1.31. The second-order valence-electron chi connectivity index (χ2n) is 10.6. The first-order valence-electron chi connectivity index (χ1n) is 13.9. The van der Waals surface area contributed by atoms with Crippen LogP contribution >= 0.6 is 0 Å². The Kier molecular flexibility index (Phi) is 5.17. The molecular formula is C37H28N2O. The molecule has 3 nitrogen and oxygen atoms in total. The van der Waals surface area contributed by atoms with Crippen molar-refractivity contribution in [3.05, 3.63) is 151 Å². The van der Waals surface area contributed by atoms with Crippen LogP contribution in [0.15, 0.2) is 145 Å². The van der Waals surface area contributed by atoms with Crippen molar-refractivity contribution in [2.75, 3.05) is 16.3 Å². The fourth-order valence-electron chi connectivity index (χ4n) is 6.53. The van der Waals surface area contributed by atoms with Crippen LogP contribution in [0.2, 0.25) is 0 Å². The molecule has 0 N–H and O–H groups in total. The van der Waals surface area contributed by atoms with Crippen molar-refractivity contribution in [1.29, 1.82) is 0 Å². The van der Waals surface area contributed by atoms with E-state index < -0.39 is 0 Å². The minimum Gasteiger partial charge on any atom is -0.454 e. The number of para-hydroxylation sites is 3. The molecule has 0 bridgehead atoms. The van der Waals surface area contributed by atoms with Gasteiger partial charge in [-0.1, -0.05) is 104 Å². The Morgan fingerprint density at radius 1 is 0.725 bits per heavy atom. The molecule has 2 unspecified atom stereocenters. The molecule has 3 heteroatoms. The summed E-state index contributed by atoms with van der Waals surface area (Å²) in [5.41, 5.74) is 9.87. The molecule has 2 atom stereocenters. The summed E-state index contributed by atoms with van der Waals surface area (Å²) in [5.74, 6) is 0.348. The molecule has 5 aromatic rings. The Hall–Kier alpha value is -5.02. The van der Waals surface area contributed by atoms with Crippen LogP contribution in [0, 0.1) is 0 Å². The molecule has 1 aromatic heterocycles. The van der Waals surface area contributed by atoms with Crippen molar-refractivity contribution in [2.45, 2.75) is 12.0 Å². The van der Waals surface area contributed by atoms with E-state index in [0.29, 0.717) is 12.5 Å². The molecule has 3 aliphatic rings. The van der Waals surface area contributed by atoms with Crippen molar-refractivity contribution in [1.82, 2.24) is 0 Å². The highest BCUT2D eigenvalue weighted by Gasteiger charge is 2.37. The minimum absolute atomic E-state index is 0.252. The van der Waals surface area contributed by atoms with Crippen LogP contribution in [0.4, 0.5) is 22.7 Å². The molecule has 4 aromatic carbocycles. The second-order valence-corrected chi connectivity index (χ2v) is 10.6. The summed E-state index contributed by atoms with van der Waals surface area (Å²) < 4.78 is 6.46. The molecule has 0 radical (unpaired) electrons. The lowest BCUT2D eigenvalue weighted by Crippen LogP contribution is -2.28. The smallest absolute Gasteiger partial charge is 0.159 e. The van der Waals surface area contributed by atoms with Gasteiger partial charge in [0.05, 0.1) is 11.7 Å². The first-order chi connectivity index (χ1) is 19.8. The van der Waals surface area contributed by atoms with Gasteiger partial charge in [0.25, 0.3) is 0 Å². The van der Waals surface area contributed by atoms with E-state index in [-0.39, 0.29) is 6.04 Å². The van der Waals surface area contributed by atoms with Gasteiger partial charge in [0.15, 0.2) is 5.58 Å².